The smallest absolute Gasteiger partial charge is 0.167 e. The Morgan fingerprint density at radius 3 is 2.04 bits per heavy atom. The van der Waals surface area contributed by atoms with Gasteiger partial charge in [-0.15, -0.1) is 0 Å². The molecule has 0 saturated carbocycles. The summed E-state index contributed by atoms with van der Waals surface area (Å²) in [4.78, 5) is 15.3. The molecule has 0 N–H and O–H groups in total. The second kappa shape index (κ2) is 9.21. The fourth-order valence-corrected chi connectivity index (χ4v) is 6.74. The Hall–Kier alpha value is -6.07. The zero-order valence-electron chi connectivity index (χ0n) is 23.9. The van der Waals surface area contributed by atoms with E-state index < -0.39 is 0 Å². The molecule has 0 bridgehead atoms. The highest BCUT2D eigenvalue weighted by atomic mass is 16.3. The zero-order valence-corrected chi connectivity index (χ0v) is 23.9. The molecule has 210 valence electrons. The van der Waals surface area contributed by atoms with Crippen LogP contribution < -0.4 is 0 Å². The first-order valence-electron chi connectivity index (χ1n) is 15.1. The summed E-state index contributed by atoms with van der Waals surface area (Å²) in [5.74, 6) is 2.84. The summed E-state index contributed by atoms with van der Waals surface area (Å²) in [5.41, 5.74) is 9.90. The average Bonchev–Trinajstić information content (AvgIpc) is 3.54. The minimum absolute atomic E-state index is 0.0261. The summed E-state index contributed by atoms with van der Waals surface area (Å²) in [7, 11) is 0. The third-order valence-corrected chi connectivity index (χ3v) is 8.93. The number of para-hydroxylation sites is 3. The van der Waals surface area contributed by atoms with E-state index in [0.717, 1.165) is 72.1 Å². The molecule has 45 heavy (non-hydrogen) atoms. The van der Waals surface area contributed by atoms with E-state index in [9.17, 15) is 0 Å². The van der Waals surface area contributed by atoms with Gasteiger partial charge in [0.25, 0.3) is 0 Å². The zero-order chi connectivity index (χ0) is 29.5. The van der Waals surface area contributed by atoms with Crippen LogP contribution in [0.1, 0.15) is 23.1 Å². The van der Waals surface area contributed by atoms with Crippen LogP contribution in [0.25, 0.3) is 78.5 Å². The van der Waals surface area contributed by atoms with E-state index in [-0.39, 0.29) is 5.92 Å². The van der Waals surface area contributed by atoms with Crippen molar-refractivity contribution in [1.82, 2.24) is 15.0 Å². The van der Waals surface area contributed by atoms with Crippen LogP contribution in [-0.2, 0) is 0 Å². The molecule has 0 fully saturated rings. The molecule has 3 heterocycles. The number of hydrogen-bond donors (Lipinski definition) is 0. The second-order valence-electron chi connectivity index (χ2n) is 11.5. The van der Waals surface area contributed by atoms with E-state index in [1.165, 1.54) is 5.57 Å². The normalized spacial score (nSPS) is 15.2. The van der Waals surface area contributed by atoms with Crippen LogP contribution in [0.5, 0.6) is 0 Å². The van der Waals surface area contributed by atoms with Gasteiger partial charge in [-0.25, -0.2) is 15.0 Å². The number of rotatable bonds is 4. The quantitative estimate of drug-likeness (QED) is 0.208. The van der Waals surface area contributed by atoms with Crippen molar-refractivity contribution in [1.29, 1.82) is 0 Å². The largest absolute Gasteiger partial charge is 0.459 e. The molecule has 0 radical (unpaired) electrons. The van der Waals surface area contributed by atoms with Crippen molar-refractivity contribution in [2.24, 2.45) is 0 Å². The van der Waals surface area contributed by atoms with Crippen molar-refractivity contribution in [3.8, 4) is 33.9 Å². The van der Waals surface area contributed by atoms with Crippen molar-refractivity contribution in [3.63, 3.8) is 0 Å². The van der Waals surface area contributed by atoms with Crippen molar-refractivity contribution < 1.29 is 8.83 Å². The number of aromatic nitrogens is 3. The summed E-state index contributed by atoms with van der Waals surface area (Å²) < 4.78 is 12.8. The van der Waals surface area contributed by atoms with Crippen molar-refractivity contribution >= 4 is 44.6 Å². The summed E-state index contributed by atoms with van der Waals surface area (Å²) in [6, 6.07) is 41.2. The molecule has 8 aromatic rings. The number of hydrogen-bond acceptors (Lipinski definition) is 5. The lowest BCUT2D eigenvalue weighted by atomic mass is 10.0. The summed E-state index contributed by atoms with van der Waals surface area (Å²) >= 11 is 0. The monoisotopic (exact) mass is 577 g/mol. The summed E-state index contributed by atoms with van der Waals surface area (Å²) in [6.07, 6.45) is 4.34. The molecule has 5 nitrogen and oxygen atoms in total. The predicted molar refractivity (Wildman–Crippen MR) is 178 cm³/mol. The van der Waals surface area contributed by atoms with Gasteiger partial charge in [-0.1, -0.05) is 109 Å². The van der Waals surface area contributed by atoms with Crippen molar-refractivity contribution in [2.75, 3.05) is 0 Å². The minimum atomic E-state index is 0.0261. The molecular formula is C40H23N3O2. The third-order valence-electron chi connectivity index (χ3n) is 8.93. The fourth-order valence-electron chi connectivity index (χ4n) is 6.74. The van der Waals surface area contributed by atoms with Crippen molar-refractivity contribution in [3.05, 3.63) is 150 Å². The van der Waals surface area contributed by atoms with Gasteiger partial charge >= 0.3 is 0 Å². The lowest BCUT2D eigenvalue weighted by molar-refractivity contribution is 0.558. The van der Waals surface area contributed by atoms with Crippen LogP contribution in [0, 0.1) is 0 Å². The number of nitrogens with zero attached hydrogens (tertiary/aromatic N) is 3. The SMILES string of the molecule is C1=Cc2c(oc3ccccc23)[C@H]2C1=C2c1nc(-c2cccc(-c3ccccc3)c2)nc(-c2cccc3c2oc2ccccc23)n1. The van der Waals surface area contributed by atoms with Crippen LogP contribution in [0.4, 0.5) is 0 Å². The molecule has 0 unspecified atom stereocenters. The predicted octanol–water partition coefficient (Wildman–Crippen LogP) is 10.1. The van der Waals surface area contributed by atoms with E-state index in [4.69, 9.17) is 23.8 Å². The maximum absolute atomic E-state index is 6.41. The molecule has 0 saturated heterocycles. The lowest BCUT2D eigenvalue weighted by Crippen LogP contribution is -2.02. The molecule has 5 heteroatoms. The molecule has 0 amide bonds. The van der Waals surface area contributed by atoms with Crippen molar-refractivity contribution in [2.45, 2.75) is 5.92 Å². The van der Waals surface area contributed by atoms with Crippen LogP contribution in [0.15, 0.2) is 142 Å². The van der Waals surface area contributed by atoms with Gasteiger partial charge in [0.1, 0.15) is 22.5 Å². The molecule has 0 spiro atoms. The molecule has 3 aromatic heterocycles. The Morgan fingerprint density at radius 1 is 0.489 bits per heavy atom. The van der Waals surface area contributed by atoms with E-state index in [1.807, 2.05) is 48.5 Å². The number of furan rings is 2. The second-order valence-corrected chi connectivity index (χ2v) is 11.5. The first kappa shape index (κ1) is 24.4. The summed E-state index contributed by atoms with van der Waals surface area (Å²) in [5, 5.41) is 3.23. The van der Waals surface area contributed by atoms with Gasteiger partial charge in [0, 0.05) is 32.9 Å². The van der Waals surface area contributed by atoms with E-state index in [0.29, 0.717) is 17.5 Å². The van der Waals surface area contributed by atoms with Crippen LogP contribution in [-0.4, -0.2) is 15.0 Å². The standard InChI is InChI=1S/C40H23N3O2/c1-2-10-23(11-3-1)24-12-8-13-25(22-24)38-41-39(31-17-9-16-28-26-14-4-6-18-32(26)44-36(28)31)43-40(42-38)35-30-21-20-29-27-15-5-7-19-33(27)45-37(29)34(30)35/h1-22,34H/t34-/m0/s1. The van der Waals surface area contributed by atoms with E-state index in [1.54, 1.807) is 0 Å². The number of fused-ring (bicyclic) bond motifs is 8. The average molecular weight is 578 g/mol. The highest BCUT2D eigenvalue weighted by molar-refractivity contribution is 6.09. The molecular weight excluding hydrogens is 554 g/mol. The minimum Gasteiger partial charge on any atom is -0.459 e. The molecule has 1 atom stereocenters. The van der Waals surface area contributed by atoms with Gasteiger partial charge in [0.2, 0.25) is 0 Å². The van der Waals surface area contributed by atoms with Crippen LogP contribution in [0.3, 0.4) is 0 Å². The Balaban J connectivity index is 1.17. The highest BCUT2D eigenvalue weighted by Crippen LogP contribution is 2.58. The molecule has 2 aliphatic rings. The molecule has 2 aliphatic carbocycles. The van der Waals surface area contributed by atoms with Gasteiger partial charge < -0.3 is 8.83 Å². The third kappa shape index (κ3) is 3.71. The van der Waals surface area contributed by atoms with Gasteiger partial charge in [0.15, 0.2) is 17.5 Å². The Kier molecular flexibility index (Phi) is 4.99. The van der Waals surface area contributed by atoms with E-state index in [2.05, 4.69) is 84.9 Å². The molecule has 0 aliphatic heterocycles. The molecule has 10 rings (SSSR count). The van der Waals surface area contributed by atoms with Gasteiger partial charge in [0.05, 0.1) is 11.5 Å². The maximum atomic E-state index is 6.41. The van der Waals surface area contributed by atoms with Gasteiger partial charge in [-0.3, -0.25) is 0 Å². The lowest BCUT2D eigenvalue weighted by Gasteiger charge is -2.09. The van der Waals surface area contributed by atoms with E-state index >= 15 is 0 Å². The Bertz CT molecular complexity index is 2550. The first-order valence-corrected chi connectivity index (χ1v) is 15.1. The van der Waals surface area contributed by atoms with Gasteiger partial charge in [-0.2, -0.15) is 0 Å². The summed E-state index contributed by atoms with van der Waals surface area (Å²) in [6.45, 7) is 0. The Morgan fingerprint density at radius 2 is 1.16 bits per heavy atom. The maximum Gasteiger partial charge on any atom is 0.167 e. The molecule has 5 aromatic carbocycles. The Labute approximate surface area is 257 Å². The first-order chi connectivity index (χ1) is 22.3. The topological polar surface area (TPSA) is 65.0 Å². The highest BCUT2D eigenvalue weighted by Gasteiger charge is 2.45. The van der Waals surface area contributed by atoms with Gasteiger partial charge in [-0.05, 0) is 41.0 Å². The van der Waals surface area contributed by atoms with Crippen LogP contribution in [0.2, 0.25) is 0 Å². The number of benzene rings is 5. The number of allylic oxidation sites excluding steroid dienone is 3. The fraction of sp³-hybridized carbons (Fsp3) is 0.0250. The van der Waals surface area contributed by atoms with Crippen LogP contribution >= 0.6 is 0 Å².